The van der Waals surface area contributed by atoms with E-state index >= 15 is 0 Å². The highest BCUT2D eigenvalue weighted by Crippen LogP contribution is 2.18. The minimum absolute atomic E-state index is 0.260. The fraction of sp³-hybridized carbons (Fsp3) is 0.182. The third-order valence-corrected chi connectivity index (χ3v) is 4.99. The molecule has 0 saturated carbocycles. The number of carbonyl (C=O) groups is 1. The van der Waals surface area contributed by atoms with E-state index in [0.29, 0.717) is 16.9 Å². The topological polar surface area (TPSA) is 92.2 Å². The molecule has 0 aliphatic rings. The van der Waals surface area contributed by atoms with E-state index in [1.54, 1.807) is 12.4 Å². The lowest BCUT2D eigenvalue weighted by molar-refractivity contribution is 0.0939. The van der Waals surface area contributed by atoms with Crippen molar-refractivity contribution in [3.63, 3.8) is 0 Å². The Morgan fingerprint density at radius 1 is 1.14 bits per heavy atom. The molecule has 1 aromatic carbocycles. The number of rotatable bonds is 4. The zero-order chi connectivity index (χ0) is 20.5. The van der Waals surface area contributed by atoms with Gasteiger partial charge in [0.15, 0.2) is 5.82 Å². The Labute approximate surface area is 167 Å². The second-order valence-electron chi connectivity index (χ2n) is 7.11. The van der Waals surface area contributed by atoms with Crippen LogP contribution in [0.25, 0.3) is 16.9 Å². The van der Waals surface area contributed by atoms with E-state index < -0.39 is 0 Å². The molecule has 3 heterocycles. The molecule has 0 aliphatic carbocycles. The number of aromatic amines is 1. The van der Waals surface area contributed by atoms with Gasteiger partial charge in [0.25, 0.3) is 11.5 Å². The summed E-state index contributed by atoms with van der Waals surface area (Å²) in [6.45, 7) is 5.90. The van der Waals surface area contributed by atoms with Crippen molar-refractivity contribution in [1.29, 1.82) is 0 Å². The first-order chi connectivity index (χ1) is 13.9. The molecule has 0 aliphatic heterocycles. The monoisotopic (exact) mass is 387 g/mol. The van der Waals surface area contributed by atoms with Gasteiger partial charge in [-0.15, -0.1) is 5.10 Å². The van der Waals surface area contributed by atoms with Gasteiger partial charge in [0, 0.05) is 18.0 Å². The molecule has 0 saturated heterocycles. The maximum absolute atomic E-state index is 12.7. The van der Waals surface area contributed by atoms with Crippen molar-refractivity contribution in [3.8, 4) is 11.4 Å². The van der Waals surface area contributed by atoms with Crippen LogP contribution in [0, 0.1) is 13.8 Å². The number of nitrogens with one attached hydrogen (secondary N) is 2. The standard InChI is InChI=1S/C22H21N5O2/c1-13-7-8-16(10-14(13)2)20-25-22(29)19-11-17(12-27(19)26-20)21(28)24-15(3)18-6-4-5-9-23-18/h4-12,15H,1-3H3,(H,24,28)(H,25,26,29). The zero-order valence-electron chi connectivity index (χ0n) is 16.4. The van der Waals surface area contributed by atoms with Crippen molar-refractivity contribution in [2.24, 2.45) is 0 Å². The number of nitrogens with zero attached hydrogens (tertiary/aromatic N) is 3. The smallest absolute Gasteiger partial charge is 0.275 e. The molecule has 4 rings (SSSR count). The summed E-state index contributed by atoms with van der Waals surface area (Å²) in [5.41, 5.74) is 4.23. The van der Waals surface area contributed by atoms with Gasteiger partial charge in [-0.05, 0) is 56.2 Å². The average Bonchev–Trinajstić information content (AvgIpc) is 3.16. The molecule has 2 N–H and O–H groups in total. The fourth-order valence-corrected chi connectivity index (χ4v) is 3.14. The van der Waals surface area contributed by atoms with E-state index in [9.17, 15) is 9.59 Å². The lowest BCUT2D eigenvalue weighted by Gasteiger charge is -2.12. The minimum atomic E-state index is -0.301. The van der Waals surface area contributed by atoms with Crippen LogP contribution >= 0.6 is 0 Å². The zero-order valence-corrected chi connectivity index (χ0v) is 16.4. The van der Waals surface area contributed by atoms with Gasteiger partial charge >= 0.3 is 0 Å². The predicted molar refractivity (Wildman–Crippen MR) is 111 cm³/mol. The molecule has 1 unspecified atom stereocenters. The van der Waals surface area contributed by atoms with Crippen molar-refractivity contribution >= 4 is 11.4 Å². The van der Waals surface area contributed by atoms with Gasteiger partial charge < -0.3 is 10.3 Å². The summed E-state index contributed by atoms with van der Waals surface area (Å²) >= 11 is 0. The fourth-order valence-electron chi connectivity index (χ4n) is 3.14. The molecule has 1 atom stereocenters. The second-order valence-corrected chi connectivity index (χ2v) is 7.11. The second kappa shape index (κ2) is 7.35. The van der Waals surface area contributed by atoms with Crippen LogP contribution in [0.5, 0.6) is 0 Å². The number of amides is 1. The molecular weight excluding hydrogens is 366 g/mol. The number of aromatic nitrogens is 4. The lowest BCUT2D eigenvalue weighted by Crippen LogP contribution is -2.26. The highest BCUT2D eigenvalue weighted by molar-refractivity contribution is 5.95. The molecule has 7 nitrogen and oxygen atoms in total. The Bertz CT molecular complexity index is 1260. The van der Waals surface area contributed by atoms with Gasteiger partial charge in [-0.2, -0.15) is 0 Å². The minimum Gasteiger partial charge on any atom is -0.344 e. The van der Waals surface area contributed by atoms with Crippen LogP contribution < -0.4 is 10.9 Å². The highest BCUT2D eigenvalue weighted by atomic mass is 16.2. The Kier molecular flexibility index (Phi) is 4.72. The van der Waals surface area contributed by atoms with E-state index in [2.05, 4.69) is 20.4 Å². The molecular formula is C22H21N5O2. The molecule has 29 heavy (non-hydrogen) atoms. The SMILES string of the molecule is Cc1ccc(-c2nn3cc(C(=O)NC(C)c4ccccn4)cc3c(=O)[nH]2)cc1C. The van der Waals surface area contributed by atoms with Crippen LogP contribution in [-0.2, 0) is 0 Å². The Balaban J connectivity index is 1.65. The predicted octanol–water partition coefficient (Wildman–Crippen LogP) is 3.19. The molecule has 3 aromatic heterocycles. The first-order valence-electron chi connectivity index (χ1n) is 9.34. The van der Waals surface area contributed by atoms with Crippen LogP contribution in [0.1, 0.15) is 40.1 Å². The molecule has 146 valence electrons. The van der Waals surface area contributed by atoms with Crippen LogP contribution in [0.3, 0.4) is 0 Å². The average molecular weight is 387 g/mol. The molecule has 0 spiro atoms. The number of carbonyl (C=O) groups excluding carboxylic acids is 1. The highest BCUT2D eigenvalue weighted by Gasteiger charge is 2.16. The third-order valence-electron chi connectivity index (χ3n) is 4.99. The normalized spacial score (nSPS) is 12.1. The molecule has 0 radical (unpaired) electrons. The van der Waals surface area contributed by atoms with Crippen molar-refractivity contribution in [2.45, 2.75) is 26.8 Å². The van der Waals surface area contributed by atoms with E-state index in [-0.39, 0.29) is 17.5 Å². The largest absolute Gasteiger partial charge is 0.344 e. The van der Waals surface area contributed by atoms with Crippen molar-refractivity contribution < 1.29 is 4.79 Å². The Morgan fingerprint density at radius 2 is 1.97 bits per heavy atom. The summed E-state index contributed by atoms with van der Waals surface area (Å²) in [6, 6.07) is 12.7. The molecule has 0 bridgehead atoms. The first-order valence-corrected chi connectivity index (χ1v) is 9.34. The maximum atomic E-state index is 12.7. The Morgan fingerprint density at radius 3 is 2.69 bits per heavy atom. The quantitative estimate of drug-likeness (QED) is 0.562. The van der Waals surface area contributed by atoms with Gasteiger partial charge in [-0.3, -0.25) is 14.6 Å². The summed E-state index contributed by atoms with van der Waals surface area (Å²) in [6.07, 6.45) is 3.25. The lowest BCUT2D eigenvalue weighted by atomic mass is 10.1. The van der Waals surface area contributed by atoms with E-state index in [1.807, 2.05) is 57.2 Å². The number of benzene rings is 1. The molecule has 7 heteroatoms. The number of aryl methyl sites for hydroxylation is 2. The summed E-state index contributed by atoms with van der Waals surface area (Å²) < 4.78 is 1.45. The summed E-state index contributed by atoms with van der Waals surface area (Å²) in [4.78, 5) is 32.3. The van der Waals surface area contributed by atoms with Gasteiger partial charge in [0.2, 0.25) is 0 Å². The van der Waals surface area contributed by atoms with E-state index in [1.165, 1.54) is 16.1 Å². The van der Waals surface area contributed by atoms with Crippen LogP contribution in [0.15, 0.2) is 59.7 Å². The van der Waals surface area contributed by atoms with Gasteiger partial charge in [-0.1, -0.05) is 18.2 Å². The third kappa shape index (κ3) is 3.67. The van der Waals surface area contributed by atoms with E-state index in [4.69, 9.17) is 0 Å². The van der Waals surface area contributed by atoms with Gasteiger partial charge in [0.1, 0.15) is 5.52 Å². The van der Waals surface area contributed by atoms with Gasteiger partial charge in [-0.25, -0.2) is 4.52 Å². The number of fused-ring (bicyclic) bond motifs is 1. The van der Waals surface area contributed by atoms with Crippen LogP contribution in [0.2, 0.25) is 0 Å². The van der Waals surface area contributed by atoms with Crippen molar-refractivity contribution in [1.82, 2.24) is 24.9 Å². The van der Waals surface area contributed by atoms with E-state index in [0.717, 1.165) is 16.8 Å². The Hall–Kier alpha value is -3.74. The molecule has 1 amide bonds. The molecule has 4 aromatic rings. The number of H-pyrrole nitrogens is 1. The number of hydrogen-bond acceptors (Lipinski definition) is 4. The van der Waals surface area contributed by atoms with Crippen LogP contribution in [0.4, 0.5) is 0 Å². The van der Waals surface area contributed by atoms with Crippen molar-refractivity contribution in [3.05, 3.63) is 87.6 Å². The summed E-state index contributed by atoms with van der Waals surface area (Å²) in [5.74, 6) is 0.163. The first kappa shape index (κ1) is 18.6. The van der Waals surface area contributed by atoms with Crippen molar-refractivity contribution in [2.75, 3.05) is 0 Å². The van der Waals surface area contributed by atoms with Crippen LogP contribution in [-0.4, -0.2) is 25.5 Å². The molecule has 0 fully saturated rings. The maximum Gasteiger partial charge on any atom is 0.275 e. The summed E-state index contributed by atoms with van der Waals surface area (Å²) in [5, 5.41) is 7.38. The van der Waals surface area contributed by atoms with Gasteiger partial charge in [0.05, 0.1) is 17.3 Å². The number of hydrogen-bond donors (Lipinski definition) is 2. The summed E-state index contributed by atoms with van der Waals surface area (Å²) in [7, 11) is 0. The number of pyridine rings is 1.